The number of piperidine rings is 1. The van der Waals surface area contributed by atoms with Crippen LogP contribution in [0.1, 0.15) is 28.3 Å². The predicted molar refractivity (Wildman–Crippen MR) is 84.1 cm³/mol. The van der Waals surface area contributed by atoms with Crippen molar-refractivity contribution in [3.63, 3.8) is 0 Å². The zero-order chi connectivity index (χ0) is 15.5. The summed E-state index contributed by atoms with van der Waals surface area (Å²) in [5, 5.41) is 0. The van der Waals surface area contributed by atoms with E-state index in [1.807, 2.05) is 18.2 Å². The molecule has 1 saturated heterocycles. The Morgan fingerprint density at radius 2 is 1.73 bits per heavy atom. The second-order valence-corrected chi connectivity index (χ2v) is 5.79. The first-order valence-electron chi connectivity index (χ1n) is 7.49. The summed E-state index contributed by atoms with van der Waals surface area (Å²) in [5.74, 6) is -0.572. The van der Waals surface area contributed by atoms with Gasteiger partial charge in [-0.3, -0.25) is 4.79 Å². The minimum atomic E-state index is -0.483. The fourth-order valence-corrected chi connectivity index (χ4v) is 3.08. The van der Waals surface area contributed by atoms with Gasteiger partial charge >= 0.3 is 0 Å². The van der Waals surface area contributed by atoms with Crippen molar-refractivity contribution in [2.75, 3.05) is 13.1 Å². The van der Waals surface area contributed by atoms with Crippen LogP contribution in [0.3, 0.4) is 0 Å². The highest BCUT2D eigenvalue weighted by Crippen LogP contribution is 2.27. The molecule has 114 valence electrons. The van der Waals surface area contributed by atoms with E-state index in [0.29, 0.717) is 13.1 Å². The van der Waals surface area contributed by atoms with Gasteiger partial charge in [-0.15, -0.1) is 0 Å². The van der Waals surface area contributed by atoms with E-state index in [1.54, 1.807) is 17.0 Å². The largest absolute Gasteiger partial charge is 0.336 e. The Hall–Kier alpha value is -2.20. The zero-order valence-corrected chi connectivity index (χ0v) is 12.3. The lowest BCUT2D eigenvalue weighted by Gasteiger charge is -2.36. The maximum absolute atomic E-state index is 13.8. The summed E-state index contributed by atoms with van der Waals surface area (Å²) in [5.41, 5.74) is 7.40. The summed E-state index contributed by atoms with van der Waals surface area (Å²) in [6, 6.07) is 16.0. The third kappa shape index (κ3) is 3.02. The monoisotopic (exact) mass is 298 g/mol. The van der Waals surface area contributed by atoms with Gasteiger partial charge in [-0.05, 0) is 24.1 Å². The van der Waals surface area contributed by atoms with Crippen molar-refractivity contribution in [2.45, 2.75) is 18.4 Å². The molecule has 0 saturated carbocycles. The van der Waals surface area contributed by atoms with Crippen LogP contribution in [-0.4, -0.2) is 29.9 Å². The van der Waals surface area contributed by atoms with Crippen molar-refractivity contribution in [2.24, 2.45) is 5.73 Å². The second-order valence-electron chi connectivity index (χ2n) is 5.79. The Morgan fingerprint density at radius 3 is 2.45 bits per heavy atom. The molecule has 4 heteroatoms. The summed E-state index contributed by atoms with van der Waals surface area (Å²) in [6.45, 7) is 1.04. The number of likely N-dealkylation sites (tertiary alicyclic amines) is 1. The van der Waals surface area contributed by atoms with Gasteiger partial charge in [0, 0.05) is 25.0 Å². The van der Waals surface area contributed by atoms with E-state index in [2.05, 4.69) is 12.1 Å². The standard InChI is InChI=1S/C18H19FN2O/c19-17-9-5-4-8-16(17)18(22)21-11-14(10-15(20)12-21)13-6-2-1-3-7-13/h1-9,14-15H,10-12,20H2. The van der Waals surface area contributed by atoms with E-state index in [9.17, 15) is 9.18 Å². The second kappa shape index (κ2) is 6.28. The van der Waals surface area contributed by atoms with Crippen LogP contribution in [0.2, 0.25) is 0 Å². The van der Waals surface area contributed by atoms with Crippen LogP contribution >= 0.6 is 0 Å². The highest BCUT2D eigenvalue weighted by Gasteiger charge is 2.30. The number of nitrogens with zero attached hydrogens (tertiary/aromatic N) is 1. The van der Waals surface area contributed by atoms with Crippen molar-refractivity contribution in [1.82, 2.24) is 4.90 Å². The first-order chi connectivity index (χ1) is 10.6. The lowest BCUT2D eigenvalue weighted by Crippen LogP contribution is -2.48. The average molecular weight is 298 g/mol. The Balaban J connectivity index is 1.82. The molecule has 1 aliphatic rings. The van der Waals surface area contributed by atoms with E-state index < -0.39 is 5.82 Å². The van der Waals surface area contributed by atoms with Gasteiger partial charge in [0.1, 0.15) is 5.82 Å². The first kappa shape index (κ1) is 14.7. The fraction of sp³-hybridized carbons (Fsp3) is 0.278. The van der Waals surface area contributed by atoms with Gasteiger partial charge in [0.15, 0.2) is 0 Å². The van der Waals surface area contributed by atoms with Crippen LogP contribution in [0.4, 0.5) is 4.39 Å². The highest BCUT2D eigenvalue weighted by molar-refractivity contribution is 5.94. The average Bonchev–Trinajstić information content (AvgIpc) is 2.55. The van der Waals surface area contributed by atoms with Gasteiger partial charge in [0.05, 0.1) is 5.56 Å². The maximum atomic E-state index is 13.8. The first-order valence-corrected chi connectivity index (χ1v) is 7.49. The van der Waals surface area contributed by atoms with E-state index in [0.717, 1.165) is 6.42 Å². The summed E-state index contributed by atoms with van der Waals surface area (Å²) in [7, 11) is 0. The number of halogens is 1. The molecule has 1 amide bonds. The Morgan fingerprint density at radius 1 is 1.05 bits per heavy atom. The van der Waals surface area contributed by atoms with E-state index in [-0.39, 0.29) is 23.4 Å². The highest BCUT2D eigenvalue weighted by atomic mass is 19.1. The van der Waals surface area contributed by atoms with Crippen LogP contribution in [0.15, 0.2) is 54.6 Å². The zero-order valence-electron chi connectivity index (χ0n) is 12.3. The fourth-order valence-electron chi connectivity index (χ4n) is 3.08. The number of rotatable bonds is 2. The molecule has 0 radical (unpaired) electrons. The normalized spacial score (nSPS) is 21.6. The molecule has 3 nitrogen and oxygen atoms in total. The van der Waals surface area contributed by atoms with Crippen molar-refractivity contribution < 1.29 is 9.18 Å². The minimum Gasteiger partial charge on any atom is -0.336 e. The van der Waals surface area contributed by atoms with Gasteiger partial charge in [0.25, 0.3) is 5.91 Å². The molecular formula is C18H19FN2O. The SMILES string of the molecule is NC1CC(c2ccccc2)CN(C(=O)c2ccccc2F)C1. The lowest BCUT2D eigenvalue weighted by atomic mass is 9.88. The number of hydrogen-bond acceptors (Lipinski definition) is 2. The van der Waals surface area contributed by atoms with Gasteiger partial charge < -0.3 is 10.6 Å². The topological polar surface area (TPSA) is 46.3 Å². The van der Waals surface area contributed by atoms with Crippen molar-refractivity contribution >= 4 is 5.91 Å². The molecular weight excluding hydrogens is 279 g/mol. The molecule has 1 fully saturated rings. The predicted octanol–water partition coefficient (Wildman–Crippen LogP) is 2.78. The Bertz CT molecular complexity index is 659. The lowest BCUT2D eigenvalue weighted by molar-refractivity contribution is 0.0684. The molecule has 3 rings (SSSR count). The summed E-state index contributed by atoms with van der Waals surface area (Å²) >= 11 is 0. The Kier molecular flexibility index (Phi) is 4.20. The molecule has 0 aliphatic carbocycles. The molecule has 1 heterocycles. The molecule has 0 spiro atoms. The van der Waals surface area contributed by atoms with Gasteiger partial charge in [-0.25, -0.2) is 4.39 Å². The molecule has 0 aromatic heterocycles. The molecule has 2 unspecified atom stereocenters. The van der Waals surface area contributed by atoms with E-state index in [1.165, 1.54) is 17.7 Å². The third-order valence-electron chi connectivity index (χ3n) is 4.15. The quantitative estimate of drug-likeness (QED) is 0.926. The van der Waals surface area contributed by atoms with Crippen molar-refractivity contribution in [3.05, 3.63) is 71.5 Å². The Labute approximate surface area is 129 Å². The van der Waals surface area contributed by atoms with Crippen LogP contribution in [0, 0.1) is 5.82 Å². The third-order valence-corrected chi connectivity index (χ3v) is 4.15. The van der Waals surface area contributed by atoms with Gasteiger partial charge in [-0.1, -0.05) is 42.5 Å². The van der Waals surface area contributed by atoms with Crippen LogP contribution in [0.25, 0.3) is 0 Å². The van der Waals surface area contributed by atoms with Crippen LogP contribution in [-0.2, 0) is 0 Å². The van der Waals surface area contributed by atoms with Crippen LogP contribution in [0.5, 0.6) is 0 Å². The van der Waals surface area contributed by atoms with Gasteiger partial charge in [0.2, 0.25) is 0 Å². The van der Waals surface area contributed by atoms with Crippen molar-refractivity contribution in [1.29, 1.82) is 0 Å². The summed E-state index contributed by atoms with van der Waals surface area (Å²) in [6.07, 6.45) is 0.838. The number of hydrogen-bond donors (Lipinski definition) is 1. The molecule has 2 N–H and O–H groups in total. The minimum absolute atomic E-state index is 0.0883. The van der Waals surface area contributed by atoms with Gasteiger partial charge in [-0.2, -0.15) is 0 Å². The maximum Gasteiger partial charge on any atom is 0.256 e. The molecule has 2 aromatic rings. The smallest absolute Gasteiger partial charge is 0.256 e. The summed E-state index contributed by atoms with van der Waals surface area (Å²) < 4.78 is 13.8. The molecule has 1 aliphatic heterocycles. The number of carbonyl (C=O) groups excluding carboxylic acids is 1. The molecule has 22 heavy (non-hydrogen) atoms. The van der Waals surface area contributed by atoms with E-state index in [4.69, 9.17) is 5.73 Å². The van der Waals surface area contributed by atoms with Crippen LogP contribution < -0.4 is 5.73 Å². The molecule has 2 aromatic carbocycles. The molecule has 2 atom stereocenters. The number of carbonyl (C=O) groups is 1. The number of amides is 1. The number of benzene rings is 2. The molecule has 0 bridgehead atoms. The number of nitrogens with two attached hydrogens (primary N) is 1. The summed E-state index contributed by atoms with van der Waals surface area (Å²) in [4.78, 5) is 14.2. The van der Waals surface area contributed by atoms with Crippen molar-refractivity contribution in [3.8, 4) is 0 Å². The van der Waals surface area contributed by atoms with E-state index >= 15 is 0 Å².